The van der Waals surface area contributed by atoms with Crippen molar-refractivity contribution in [1.82, 2.24) is 4.90 Å². The van der Waals surface area contributed by atoms with Crippen LogP contribution in [0.1, 0.15) is 0 Å². The number of benzene rings is 2. The third kappa shape index (κ3) is 3.98. The minimum Gasteiger partial charge on any atom is -0.367 e. The molecule has 1 saturated heterocycles. The normalized spacial score (nSPS) is 14.7. The van der Waals surface area contributed by atoms with Gasteiger partial charge in [-0.25, -0.2) is 4.79 Å². The Labute approximate surface area is 149 Å². The highest BCUT2D eigenvalue weighted by Gasteiger charge is 2.22. The zero-order valence-corrected chi connectivity index (χ0v) is 14.8. The van der Waals surface area contributed by atoms with Crippen molar-refractivity contribution in [1.29, 1.82) is 0 Å². The van der Waals surface area contributed by atoms with Crippen LogP contribution >= 0.6 is 27.5 Å². The van der Waals surface area contributed by atoms with Crippen molar-refractivity contribution in [2.75, 3.05) is 36.4 Å². The van der Waals surface area contributed by atoms with Crippen molar-refractivity contribution in [3.63, 3.8) is 0 Å². The number of anilines is 2. The number of hydrogen-bond donors (Lipinski definition) is 1. The molecule has 0 spiro atoms. The van der Waals surface area contributed by atoms with E-state index < -0.39 is 0 Å². The minimum atomic E-state index is -0.0842. The van der Waals surface area contributed by atoms with Gasteiger partial charge in [-0.05, 0) is 46.3 Å². The summed E-state index contributed by atoms with van der Waals surface area (Å²) < 4.78 is 1.08. The van der Waals surface area contributed by atoms with Crippen LogP contribution in [0.3, 0.4) is 0 Å². The van der Waals surface area contributed by atoms with E-state index in [0.29, 0.717) is 18.1 Å². The predicted octanol–water partition coefficient (Wildman–Crippen LogP) is 4.46. The number of urea groups is 1. The maximum absolute atomic E-state index is 12.3. The molecule has 0 radical (unpaired) electrons. The highest BCUT2D eigenvalue weighted by molar-refractivity contribution is 9.10. The van der Waals surface area contributed by atoms with Gasteiger partial charge in [-0.2, -0.15) is 0 Å². The van der Waals surface area contributed by atoms with Gasteiger partial charge >= 0.3 is 6.03 Å². The molecule has 1 aliphatic heterocycles. The summed E-state index contributed by atoms with van der Waals surface area (Å²) in [6.45, 7) is 3.00. The maximum atomic E-state index is 12.3. The SMILES string of the molecule is O=C(Nc1cccc(Cl)c1)N1CCN(c2ccccc2Br)CC1. The van der Waals surface area contributed by atoms with Crippen LogP contribution in [0.25, 0.3) is 0 Å². The van der Waals surface area contributed by atoms with Gasteiger partial charge in [-0.15, -0.1) is 0 Å². The molecule has 1 N–H and O–H groups in total. The maximum Gasteiger partial charge on any atom is 0.321 e. The summed E-state index contributed by atoms with van der Waals surface area (Å²) in [4.78, 5) is 16.4. The molecule has 0 unspecified atom stereocenters. The molecule has 3 rings (SSSR count). The van der Waals surface area contributed by atoms with Gasteiger partial charge in [0.25, 0.3) is 0 Å². The lowest BCUT2D eigenvalue weighted by atomic mass is 10.2. The van der Waals surface area contributed by atoms with E-state index in [1.54, 1.807) is 12.1 Å². The number of carbonyl (C=O) groups excluding carboxylic acids is 1. The third-order valence-corrected chi connectivity index (χ3v) is 4.74. The second-order valence-corrected chi connectivity index (χ2v) is 6.66. The number of carbonyl (C=O) groups is 1. The van der Waals surface area contributed by atoms with Crippen molar-refractivity contribution in [3.8, 4) is 0 Å². The molecule has 2 aromatic rings. The quantitative estimate of drug-likeness (QED) is 0.816. The van der Waals surface area contributed by atoms with E-state index in [0.717, 1.165) is 23.2 Å². The van der Waals surface area contributed by atoms with Gasteiger partial charge in [0.05, 0.1) is 5.69 Å². The molecule has 2 aromatic carbocycles. The Hall–Kier alpha value is -1.72. The van der Waals surface area contributed by atoms with Gasteiger partial charge in [-0.3, -0.25) is 0 Å². The van der Waals surface area contributed by atoms with E-state index in [1.165, 1.54) is 5.69 Å². The first-order chi connectivity index (χ1) is 11.1. The largest absolute Gasteiger partial charge is 0.367 e. The first kappa shape index (κ1) is 16.1. The highest BCUT2D eigenvalue weighted by Crippen LogP contribution is 2.26. The second kappa shape index (κ2) is 7.23. The smallest absolute Gasteiger partial charge is 0.321 e. The van der Waals surface area contributed by atoms with Crippen LogP contribution in [-0.2, 0) is 0 Å². The molecule has 0 aliphatic carbocycles. The molecule has 0 bridgehead atoms. The molecule has 1 aliphatic rings. The van der Waals surface area contributed by atoms with Gasteiger partial charge < -0.3 is 15.1 Å². The summed E-state index contributed by atoms with van der Waals surface area (Å²) in [5.74, 6) is 0. The number of nitrogens with one attached hydrogen (secondary N) is 1. The van der Waals surface area contributed by atoms with Crippen LogP contribution in [0.15, 0.2) is 53.0 Å². The Morgan fingerprint density at radius 2 is 1.78 bits per heavy atom. The van der Waals surface area contributed by atoms with Crippen LogP contribution in [0.5, 0.6) is 0 Å². The van der Waals surface area contributed by atoms with Crippen molar-refractivity contribution in [2.24, 2.45) is 0 Å². The average molecular weight is 395 g/mol. The summed E-state index contributed by atoms with van der Waals surface area (Å²) in [6.07, 6.45) is 0. The standard InChI is InChI=1S/C17H17BrClN3O/c18-15-6-1-2-7-16(15)21-8-10-22(11-9-21)17(23)20-14-5-3-4-13(19)12-14/h1-7,12H,8-11H2,(H,20,23). The number of para-hydroxylation sites is 1. The monoisotopic (exact) mass is 393 g/mol. The summed E-state index contributed by atoms with van der Waals surface area (Å²) in [6, 6.07) is 15.3. The van der Waals surface area contributed by atoms with E-state index in [-0.39, 0.29) is 6.03 Å². The minimum absolute atomic E-state index is 0.0842. The summed E-state index contributed by atoms with van der Waals surface area (Å²) in [7, 11) is 0. The summed E-state index contributed by atoms with van der Waals surface area (Å²) in [5.41, 5.74) is 1.89. The van der Waals surface area contributed by atoms with Crippen LogP contribution < -0.4 is 10.2 Å². The van der Waals surface area contributed by atoms with Crippen molar-refractivity contribution in [3.05, 3.63) is 58.0 Å². The predicted molar refractivity (Wildman–Crippen MR) is 98.4 cm³/mol. The fraction of sp³-hybridized carbons (Fsp3) is 0.235. The lowest BCUT2D eigenvalue weighted by molar-refractivity contribution is 0.208. The van der Waals surface area contributed by atoms with Crippen LogP contribution in [0.4, 0.5) is 16.2 Å². The zero-order valence-electron chi connectivity index (χ0n) is 12.5. The lowest BCUT2D eigenvalue weighted by Crippen LogP contribution is -2.50. The van der Waals surface area contributed by atoms with Gasteiger partial charge in [0.2, 0.25) is 0 Å². The van der Waals surface area contributed by atoms with Gasteiger partial charge in [0.15, 0.2) is 0 Å². The Morgan fingerprint density at radius 1 is 1.04 bits per heavy atom. The first-order valence-electron chi connectivity index (χ1n) is 7.44. The Kier molecular flexibility index (Phi) is 5.08. The number of hydrogen-bond acceptors (Lipinski definition) is 2. The van der Waals surface area contributed by atoms with Gasteiger partial charge in [-0.1, -0.05) is 29.8 Å². The van der Waals surface area contributed by atoms with Crippen LogP contribution in [-0.4, -0.2) is 37.1 Å². The van der Waals surface area contributed by atoms with E-state index >= 15 is 0 Å². The molecular formula is C17H17BrClN3O. The fourth-order valence-corrected chi connectivity index (χ4v) is 3.35. The van der Waals surface area contributed by atoms with Crippen molar-refractivity contribution < 1.29 is 4.79 Å². The number of amides is 2. The summed E-state index contributed by atoms with van der Waals surface area (Å²) in [5, 5.41) is 3.51. The molecule has 1 heterocycles. The third-order valence-electron chi connectivity index (χ3n) is 3.84. The second-order valence-electron chi connectivity index (χ2n) is 5.37. The Morgan fingerprint density at radius 3 is 2.48 bits per heavy atom. The van der Waals surface area contributed by atoms with Gasteiger partial charge in [0, 0.05) is 41.4 Å². The molecule has 0 saturated carbocycles. The lowest BCUT2D eigenvalue weighted by Gasteiger charge is -2.36. The van der Waals surface area contributed by atoms with E-state index in [4.69, 9.17) is 11.6 Å². The number of halogens is 2. The number of piperazine rings is 1. The molecule has 0 aromatic heterocycles. The molecule has 23 heavy (non-hydrogen) atoms. The molecule has 6 heteroatoms. The van der Waals surface area contributed by atoms with Crippen molar-refractivity contribution in [2.45, 2.75) is 0 Å². The van der Waals surface area contributed by atoms with E-state index in [2.05, 4.69) is 32.2 Å². The van der Waals surface area contributed by atoms with Gasteiger partial charge in [0.1, 0.15) is 0 Å². The topological polar surface area (TPSA) is 35.6 Å². The van der Waals surface area contributed by atoms with Crippen molar-refractivity contribution >= 4 is 44.9 Å². The zero-order chi connectivity index (χ0) is 16.2. The molecule has 2 amide bonds. The van der Waals surface area contributed by atoms with E-state index in [1.807, 2.05) is 35.2 Å². The highest BCUT2D eigenvalue weighted by atomic mass is 79.9. The molecule has 0 atom stereocenters. The molecule has 120 valence electrons. The molecular weight excluding hydrogens is 378 g/mol. The van der Waals surface area contributed by atoms with Crippen LogP contribution in [0, 0.1) is 0 Å². The number of rotatable bonds is 2. The Bertz CT molecular complexity index is 702. The van der Waals surface area contributed by atoms with E-state index in [9.17, 15) is 4.79 Å². The Balaban J connectivity index is 1.58. The molecule has 4 nitrogen and oxygen atoms in total. The first-order valence-corrected chi connectivity index (χ1v) is 8.61. The summed E-state index contributed by atoms with van der Waals surface area (Å²) >= 11 is 9.52. The average Bonchev–Trinajstić information content (AvgIpc) is 2.55. The number of nitrogens with zero attached hydrogens (tertiary/aromatic N) is 2. The van der Waals surface area contributed by atoms with Crippen LogP contribution in [0.2, 0.25) is 5.02 Å². The fourth-order valence-electron chi connectivity index (χ4n) is 2.63. The molecule has 1 fully saturated rings.